The van der Waals surface area contributed by atoms with E-state index in [9.17, 15) is 22.8 Å². The monoisotopic (exact) mass is 357 g/mol. The highest BCUT2D eigenvalue weighted by Gasteiger charge is 2.46. The molecular weight excluding hydrogens is 343 g/mol. The van der Waals surface area contributed by atoms with Crippen LogP contribution in [0.5, 0.6) is 0 Å². The lowest BCUT2D eigenvalue weighted by Crippen LogP contribution is -2.43. The van der Waals surface area contributed by atoms with Crippen LogP contribution in [0.3, 0.4) is 0 Å². The van der Waals surface area contributed by atoms with Gasteiger partial charge < -0.3 is 5.11 Å². The molecule has 3 rings (SSSR count). The Bertz CT molecular complexity index is 826. The maximum Gasteiger partial charge on any atom is 0.410 e. The first-order valence-corrected chi connectivity index (χ1v) is 7.37. The topological polar surface area (TPSA) is 93.3 Å². The predicted octanol–water partition coefficient (Wildman–Crippen LogP) is 1.63. The summed E-state index contributed by atoms with van der Waals surface area (Å²) in [5, 5.41) is 16.5. The van der Waals surface area contributed by atoms with Crippen molar-refractivity contribution in [2.75, 3.05) is 11.4 Å². The summed E-state index contributed by atoms with van der Waals surface area (Å²) in [6.07, 6.45) is -3.55. The van der Waals surface area contributed by atoms with E-state index in [-0.39, 0.29) is 24.5 Å². The average molecular weight is 357 g/mol. The van der Waals surface area contributed by atoms with Crippen LogP contribution in [0, 0.1) is 6.92 Å². The molecule has 1 aliphatic heterocycles. The molecule has 1 atom stereocenters. The standard InChI is InChI=1S/C14H14F3N5O3/c1-8-6-11-20(5-3-10(14(15,16)17)22(11)19-8)13(25)9-2-4-18-21(9)7-12(23)24/h2,4,6,10H,3,5,7H2,1H3,(H,23,24). The molecule has 2 aromatic heterocycles. The molecule has 1 unspecified atom stereocenters. The Morgan fingerprint density at radius 1 is 1.40 bits per heavy atom. The van der Waals surface area contributed by atoms with Gasteiger partial charge in [0.1, 0.15) is 18.1 Å². The molecule has 0 saturated carbocycles. The number of amides is 1. The van der Waals surface area contributed by atoms with Crippen LogP contribution in [-0.4, -0.2) is 49.3 Å². The first-order valence-electron chi connectivity index (χ1n) is 7.37. The third kappa shape index (κ3) is 3.08. The Kier molecular flexibility index (Phi) is 4.01. The molecule has 0 bridgehead atoms. The van der Waals surface area contributed by atoms with Gasteiger partial charge in [0.15, 0.2) is 6.04 Å². The molecule has 1 N–H and O–H groups in total. The molecule has 11 heteroatoms. The van der Waals surface area contributed by atoms with Gasteiger partial charge in [-0.2, -0.15) is 23.4 Å². The third-order valence-corrected chi connectivity index (χ3v) is 3.88. The summed E-state index contributed by atoms with van der Waals surface area (Å²) in [6.45, 7) is 0.855. The van der Waals surface area contributed by atoms with E-state index in [1.807, 2.05) is 0 Å². The highest BCUT2D eigenvalue weighted by molar-refractivity contribution is 6.04. The zero-order valence-corrected chi connectivity index (χ0v) is 13.1. The Labute approximate surface area is 139 Å². The number of hydrogen-bond donors (Lipinski definition) is 1. The summed E-state index contributed by atoms with van der Waals surface area (Å²) < 4.78 is 41.4. The number of aliphatic carboxylic acids is 1. The second kappa shape index (κ2) is 5.90. The fraction of sp³-hybridized carbons (Fsp3) is 0.429. The fourth-order valence-corrected chi connectivity index (χ4v) is 2.84. The van der Waals surface area contributed by atoms with E-state index in [4.69, 9.17) is 5.11 Å². The van der Waals surface area contributed by atoms with Crippen LogP contribution in [0.1, 0.15) is 28.6 Å². The van der Waals surface area contributed by atoms with E-state index in [0.29, 0.717) is 5.69 Å². The summed E-state index contributed by atoms with van der Waals surface area (Å²) in [6, 6.07) is 0.923. The van der Waals surface area contributed by atoms with Crippen molar-refractivity contribution >= 4 is 17.7 Å². The first-order chi connectivity index (χ1) is 11.7. The van der Waals surface area contributed by atoms with Gasteiger partial charge >= 0.3 is 12.1 Å². The minimum absolute atomic E-state index is 0.0155. The number of carboxylic acids is 1. The lowest BCUT2D eigenvalue weighted by atomic mass is 10.1. The molecule has 1 aliphatic rings. The van der Waals surface area contributed by atoms with E-state index in [1.54, 1.807) is 0 Å². The van der Waals surface area contributed by atoms with Gasteiger partial charge in [0, 0.05) is 18.8 Å². The van der Waals surface area contributed by atoms with Crippen molar-refractivity contribution < 1.29 is 27.9 Å². The number of anilines is 1. The van der Waals surface area contributed by atoms with Gasteiger partial charge in [-0.3, -0.25) is 14.5 Å². The highest BCUT2D eigenvalue weighted by Crippen LogP contribution is 2.39. The molecular formula is C14H14F3N5O3. The van der Waals surface area contributed by atoms with Crippen molar-refractivity contribution in [3.8, 4) is 0 Å². The summed E-state index contributed by atoms with van der Waals surface area (Å²) in [4.78, 5) is 24.8. The number of carbonyl (C=O) groups is 2. The molecule has 0 spiro atoms. The van der Waals surface area contributed by atoms with Crippen molar-refractivity contribution in [2.45, 2.75) is 32.1 Å². The molecule has 0 saturated heterocycles. The van der Waals surface area contributed by atoms with Gasteiger partial charge in [-0.05, 0) is 19.4 Å². The van der Waals surface area contributed by atoms with Crippen LogP contribution in [0.25, 0.3) is 0 Å². The number of aromatic nitrogens is 4. The normalized spacial score (nSPS) is 17.4. The summed E-state index contributed by atoms with van der Waals surface area (Å²) in [7, 11) is 0. The quantitative estimate of drug-likeness (QED) is 0.901. The molecule has 0 aliphatic carbocycles. The van der Waals surface area contributed by atoms with E-state index >= 15 is 0 Å². The van der Waals surface area contributed by atoms with Crippen molar-refractivity contribution in [1.29, 1.82) is 0 Å². The van der Waals surface area contributed by atoms with E-state index in [1.165, 1.54) is 25.3 Å². The van der Waals surface area contributed by atoms with Crippen LogP contribution in [-0.2, 0) is 11.3 Å². The fourth-order valence-electron chi connectivity index (χ4n) is 2.84. The largest absolute Gasteiger partial charge is 0.480 e. The van der Waals surface area contributed by atoms with Crippen molar-refractivity contribution in [2.24, 2.45) is 0 Å². The van der Waals surface area contributed by atoms with E-state index in [2.05, 4.69) is 10.2 Å². The van der Waals surface area contributed by atoms with Crippen molar-refractivity contribution in [1.82, 2.24) is 19.6 Å². The van der Waals surface area contributed by atoms with Gasteiger partial charge in [-0.25, -0.2) is 9.36 Å². The van der Waals surface area contributed by atoms with Crippen molar-refractivity contribution in [3.63, 3.8) is 0 Å². The van der Waals surface area contributed by atoms with Gasteiger partial charge in [0.05, 0.1) is 5.69 Å². The first kappa shape index (κ1) is 17.0. The Morgan fingerprint density at radius 2 is 2.12 bits per heavy atom. The molecule has 1 amide bonds. The molecule has 0 aromatic carbocycles. The lowest BCUT2D eigenvalue weighted by molar-refractivity contribution is -0.172. The maximum atomic E-state index is 13.2. The molecule has 2 aromatic rings. The Balaban J connectivity index is 1.97. The highest BCUT2D eigenvalue weighted by atomic mass is 19.4. The molecule has 3 heterocycles. The minimum Gasteiger partial charge on any atom is -0.480 e. The number of rotatable bonds is 3. The number of carboxylic acid groups (broad SMARTS) is 1. The SMILES string of the molecule is Cc1cc2n(n1)C(C(F)(F)F)CCN2C(=O)c1ccnn1CC(=O)O. The smallest absolute Gasteiger partial charge is 0.410 e. The van der Waals surface area contributed by atoms with Crippen LogP contribution >= 0.6 is 0 Å². The summed E-state index contributed by atoms with van der Waals surface area (Å²) in [5.74, 6) is -1.78. The number of aryl methyl sites for hydroxylation is 1. The molecule has 134 valence electrons. The molecule has 0 radical (unpaired) electrons. The number of nitrogens with zero attached hydrogens (tertiary/aromatic N) is 5. The number of alkyl halides is 3. The zero-order valence-electron chi connectivity index (χ0n) is 13.1. The van der Waals surface area contributed by atoms with E-state index < -0.39 is 30.6 Å². The maximum absolute atomic E-state index is 13.2. The molecule has 8 nitrogen and oxygen atoms in total. The van der Waals surface area contributed by atoms with Crippen molar-refractivity contribution in [3.05, 3.63) is 29.7 Å². The summed E-state index contributed by atoms with van der Waals surface area (Å²) in [5.41, 5.74) is 0.334. The van der Waals surface area contributed by atoms with Crippen LogP contribution in [0.2, 0.25) is 0 Å². The Morgan fingerprint density at radius 3 is 2.76 bits per heavy atom. The van der Waals surface area contributed by atoms with Gasteiger partial charge in [0.2, 0.25) is 0 Å². The number of fused-ring (bicyclic) bond motifs is 1. The lowest BCUT2D eigenvalue weighted by Gasteiger charge is -2.33. The number of hydrogen-bond acceptors (Lipinski definition) is 4. The van der Waals surface area contributed by atoms with Crippen LogP contribution < -0.4 is 4.90 Å². The zero-order chi connectivity index (χ0) is 18.4. The third-order valence-electron chi connectivity index (χ3n) is 3.88. The summed E-state index contributed by atoms with van der Waals surface area (Å²) >= 11 is 0. The second-order valence-electron chi connectivity index (χ2n) is 5.66. The van der Waals surface area contributed by atoms with Crippen LogP contribution in [0.15, 0.2) is 18.3 Å². The number of carbonyl (C=O) groups excluding carboxylic acids is 1. The molecule has 25 heavy (non-hydrogen) atoms. The average Bonchev–Trinajstić information content (AvgIpc) is 3.09. The van der Waals surface area contributed by atoms with Gasteiger partial charge in [-0.15, -0.1) is 0 Å². The van der Waals surface area contributed by atoms with E-state index in [0.717, 1.165) is 14.3 Å². The number of halogens is 3. The Hall–Kier alpha value is -2.85. The van der Waals surface area contributed by atoms with Crippen LogP contribution in [0.4, 0.5) is 19.0 Å². The van der Waals surface area contributed by atoms with Gasteiger partial charge in [0.25, 0.3) is 5.91 Å². The van der Waals surface area contributed by atoms with Gasteiger partial charge in [-0.1, -0.05) is 0 Å². The molecule has 0 fully saturated rings. The minimum atomic E-state index is -4.48. The predicted molar refractivity (Wildman–Crippen MR) is 78.2 cm³/mol. The second-order valence-corrected chi connectivity index (χ2v) is 5.66.